The largest absolute Gasteiger partial charge is 0.315 e. The lowest BCUT2D eigenvalue weighted by Gasteiger charge is -2.19. The molecule has 1 aromatic heterocycles. The van der Waals surface area contributed by atoms with Crippen LogP contribution in [-0.4, -0.2) is 22.0 Å². The molecule has 0 atom stereocenters. The van der Waals surface area contributed by atoms with Crippen molar-refractivity contribution in [1.82, 2.24) is 10.0 Å². The molecule has 1 heterocycles. The number of nitrogens with one attached hydrogen (secondary N) is 2. The highest BCUT2D eigenvalue weighted by molar-refractivity contribution is 7.91. The van der Waals surface area contributed by atoms with E-state index in [0.29, 0.717) is 23.2 Å². The molecule has 1 aromatic rings. The van der Waals surface area contributed by atoms with Gasteiger partial charge in [-0.05, 0) is 49.8 Å². The summed E-state index contributed by atoms with van der Waals surface area (Å²) in [5, 5.41) is 3.07. The monoisotopic (exact) mass is 316 g/mol. The van der Waals surface area contributed by atoms with Gasteiger partial charge >= 0.3 is 0 Å². The van der Waals surface area contributed by atoms with Crippen LogP contribution in [0.15, 0.2) is 10.3 Å². The number of hydrogen-bond donors (Lipinski definition) is 2. The topological polar surface area (TPSA) is 58.2 Å². The third kappa shape index (κ3) is 3.24. The van der Waals surface area contributed by atoms with Crippen molar-refractivity contribution in [3.05, 3.63) is 16.5 Å². The molecule has 1 fully saturated rings. The molecule has 2 rings (SSSR count). The molecule has 0 radical (unpaired) electrons. The van der Waals surface area contributed by atoms with Crippen LogP contribution in [0, 0.1) is 18.3 Å². The van der Waals surface area contributed by atoms with E-state index in [1.54, 1.807) is 6.07 Å². The molecule has 1 aliphatic rings. The third-order valence-corrected chi connectivity index (χ3v) is 7.44. The summed E-state index contributed by atoms with van der Waals surface area (Å²) in [7, 11) is -1.50. The fraction of sp³-hybridized carbons (Fsp3) is 0.714. The van der Waals surface area contributed by atoms with Crippen LogP contribution in [-0.2, 0) is 16.6 Å². The molecule has 6 heteroatoms. The zero-order valence-corrected chi connectivity index (χ0v) is 14.2. The minimum Gasteiger partial charge on any atom is -0.315 e. The molecule has 4 nitrogen and oxygen atoms in total. The quantitative estimate of drug-likeness (QED) is 0.812. The predicted molar refractivity (Wildman–Crippen MR) is 83.5 cm³/mol. The van der Waals surface area contributed by atoms with E-state index in [-0.39, 0.29) is 5.41 Å². The van der Waals surface area contributed by atoms with Gasteiger partial charge in [0.15, 0.2) is 0 Å². The van der Waals surface area contributed by atoms with Crippen molar-refractivity contribution >= 4 is 21.4 Å². The Bertz CT molecular complexity index is 572. The second kappa shape index (κ2) is 5.75. The van der Waals surface area contributed by atoms with Crippen LogP contribution in [0.5, 0.6) is 0 Å². The molecule has 2 N–H and O–H groups in total. The van der Waals surface area contributed by atoms with Crippen molar-refractivity contribution in [1.29, 1.82) is 0 Å². The van der Waals surface area contributed by atoms with E-state index >= 15 is 0 Å². The highest BCUT2D eigenvalue weighted by Crippen LogP contribution is 2.51. The van der Waals surface area contributed by atoms with Crippen LogP contribution < -0.4 is 10.0 Å². The molecule has 0 unspecified atom stereocenters. The Balaban J connectivity index is 2.09. The van der Waals surface area contributed by atoms with Gasteiger partial charge in [0.2, 0.25) is 10.0 Å². The average Bonchev–Trinajstić information content (AvgIpc) is 3.08. The lowest BCUT2D eigenvalue weighted by Crippen LogP contribution is -2.32. The molecule has 0 aromatic carbocycles. The van der Waals surface area contributed by atoms with Gasteiger partial charge in [-0.2, -0.15) is 0 Å². The molecule has 0 saturated heterocycles. The molecule has 20 heavy (non-hydrogen) atoms. The molecule has 0 amide bonds. The average molecular weight is 316 g/mol. The van der Waals surface area contributed by atoms with E-state index in [4.69, 9.17) is 0 Å². The lowest BCUT2D eigenvalue weighted by atomic mass is 9.93. The Labute approximate surface area is 126 Å². The molecule has 114 valence electrons. The van der Waals surface area contributed by atoms with E-state index in [1.165, 1.54) is 11.3 Å². The van der Waals surface area contributed by atoms with E-state index in [9.17, 15) is 8.42 Å². The predicted octanol–water partition coefficient (Wildman–Crippen LogP) is 2.49. The minimum absolute atomic E-state index is 0.188. The first-order valence-electron chi connectivity index (χ1n) is 7.04. The van der Waals surface area contributed by atoms with E-state index in [2.05, 4.69) is 23.9 Å². The Morgan fingerprint density at radius 1 is 1.40 bits per heavy atom. The van der Waals surface area contributed by atoms with Crippen molar-refractivity contribution in [2.45, 2.75) is 44.4 Å². The van der Waals surface area contributed by atoms with Crippen molar-refractivity contribution in [3.8, 4) is 0 Å². The Morgan fingerprint density at radius 2 is 2.05 bits per heavy atom. The number of hydrogen-bond acceptors (Lipinski definition) is 4. The molecule has 0 aliphatic heterocycles. The summed E-state index contributed by atoms with van der Waals surface area (Å²) in [4.78, 5) is 1.08. The van der Waals surface area contributed by atoms with Gasteiger partial charge < -0.3 is 5.32 Å². The van der Waals surface area contributed by atoms with E-state index in [0.717, 1.165) is 23.3 Å². The maximum absolute atomic E-state index is 12.4. The van der Waals surface area contributed by atoms with Gasteiger partial charge in [0, 0.05) is 18.0 Å². The maximum atomic E-state index is 12.4. The van der Waals surface area contributed by atoms with Gasteiger partial charge in [-0.25, -0.2) is 13.1 Å². The van der Waals surface area contributed by atoms with Gasteiger partial charge in [0.05, 0.1) is 0 Å². The normalized spacial score (nSPS) is 17.6. The van der Waals surface area contributed by atoms with Crippen LogP contribution in [0.2, 0.25) is 0 Å². The molecule has 0 spiro atoms. The standard InChI is InChI=1S/C14H24N2O2S2/c1-10(2)14(5-6-14)9-16-20(17,18)13-7-11(3)12(19-13)8-15-4/h7,10,15-16H,5-6,8-9H2,1-4H3. The van der Waals surface area contributed by atoms with Gasteiger partial charge in [-0.15, -0.1) is 11.3 Å². The first kappa shape index (κ1) is 15.9. The van der Waals surface area contributed by atoms with Crippen molar-refractivity contribution < 1.29 is 8.42 Å². The zero-order valence-electron chi connectivity index (χ0n) is 12.6. The summed E-state index contributed by atoms with van der Waals surface area (Å²) >= 11 is 1.36. The zero-order chi connectivity index (χ0) is 15.0. The van der Waals surface area contributed by atoms with Gasteiger partial charge in [-0.1, -0.05) is 13.8 Å². The Kier molecular flexibility index (Phi) is 4.59. The number of rotatable bonds is 7. The fourth-order valence-corrected chi connectivity index (χ4v) is 5.17. The summed E-state index contributed by atoms with van der Waals surface area (Å²) in [6.07, 6.45) is 2.25. The van der Waals surface area contributed by atoms with Crippen molar-refractivity contribution in [2.24, 2.45) is 11.3 Å². The molecule has 0 bridgehead atoms. The number of thiophene rings is 1. The Hall–Kier alpha value is -0.430. The summed E-state index contributed by atoms with van der Waals surface area (Å²) in [6, 6.07) is 1.77. The summed E-state index contributed by atoms with van der Waals surface area (Å²) in [5.41, 5.74) is 1.22. The van der Waals surface area contributed by atoms with Gasteiger partial charge in [-0.3, -0.25) is 0 Å². The highest BCUT2D eigenvalue weighted by atomic mass is 32.2. The van der Waals surface area contributed by atoms with E-state index in [1.807, 2.05) is 14.0 Å². The first-order chi connectivity index (χ1) is 9.31. The number of sulfonamides is 1. The highest BCUT2D eigenvalue weighted by Gasteiger charge is 2.45. The Morgan fingerprint density at radius 3 is 2.55 bits per heavy atom. The molecular weight excluding hydrogens is 292 g/mol. The van der Waals surface area contributed by atoms with Crippen LogP contribution in [0.3, 0.4) is 0 Å². The minimum atomic E-state index is -3.37. The smallest absolute Gasteiger partial charge is 0.250 e. The molecule has 1 aliphatic carbocycles. The van der Waals surface area contributed by atoms with Gasteiger partial charge in [0.25, 0.3) is 0 Å². The third-order valence-electron chi connectivity index (χ3n) is 4.33. The molecular formula is C14H24N2O2S2. The second-order valence-electron chi connectivity index (χ2n) is 6.04. The second-order valence-corrected chi connectivity index (χ2v) is 9.17. The van der Waals surface area contributed by atoms with Crippen molar-refractivity contribution in [2.75, 3.05) is 13.6 Å². The molecule has 1 saturated carbocycles. The summed E-state index contributed by atoms with van der Waals surface area (Å²) < 4.78 is 28.0. The SMILES string of the molecule is CNCc1sc(S(=O)(=O)NCC2(C(C)C)CC2)cc1C. The first-order valence-corrected chi connectivity index (χ1v) is 9.34. The fourth-order valence-electron chi connectivity index (χ4n) is 2.39. The summed E-state index contributed by atoms with van der Waals surface area (Å²) in [6.45, 7) is 7.56. The van der Waals surface area contributed by atoms with Crippen LogP contribution in [0.4, 0.5) is 0 Å². The lowest BCUT2D eigenvalue weighted by molar-refractivity contribution is 0.357. The van der Waals surface area contributed by atoms with Crippen LogP contribution >= 0.6 is 11.3 Å². The summed E-state index contributed by atoms with van der Waals surface area (Å²) in [5.74, 6) is 0.523. The number of aryl methyl sites for hydroxylation is 1. The van der Waals surface area contributed by atoms with Gasteiger partial charge in [0.1, 0.15) is 4.21 Å². The van der Waals surface area contributed by atoms with Crippen LogP contribution in [0.1, 0.15) is 37.1 Å². The maximum Gasteiger partial charge on any atom is 0.250 e. The van der Waals surface area contributed by atoms with E-state index < -0.39 is 10.0 Å². The van der Waals surface area contributed by atoms with Crippen LogP contribution in [0.25, 0.3) is 0 Å². The van der Waals surface area contributed by atoms with Crippen molar-refractivity contribution in [3.63, 3.8) is 0 Å².